The average Bonchev–Trinajstić information content (AvgIpc) is 3.49. The van der Waals surface area contributed by atoms with E-state index in [0.717, 1.165) is 0 Å². The van der Waals surface area contributed by atoms with Crippen LogP contribution >= 0.6 is 0 Å². The molecule has 2 heterocycles. The Morgan fingerprint density at radius 1 is 1.06 bits per heavy atom. The molecule has 0 bridgehead atoms. The Labute approximate surface area is 177 Å². The van der Waals surface area contributed by atoms with Gasteiger partial charge in [0.05, 0.1) is 17.7 Å². The minimum absolute atomic E-state index is 0.0538. The first kappa shape index (κ1) is 20.0. The second kappa shape index (κ2) is 9.04. The zero-order valence-electron chi connectivity index (χ0n) is 16.4. The van der Waals surface area contributed by atoms with Crippen LogP contribution in [0.3, 0.4) is 0 Å². The Hall–Kier alpha value is -4.27. The molecule has 2 aromatic heterocycles. The summed E-state index contributed by atoms with van der Waals surface area (Å²) in [5, 5.41) is 14.9. The minimum Gasteiger partial charge on any atom is -0.467 e. The molecule has 4 rings (SSSR count). The number of nitro benzene ring substituents is 1. The molecule has 0 N–H and O–H groups in total. The molecule has 156 valence electrons. The molecule has 2 aromatic carbocycles. The minimum atomic E-state index is -0.480. The van der Waals surface area contributed by atoms with Crippen molar-refractivity contribution in [3.8, 4) is 11.4 Å². The Morgan fingerprint density at radius 3 is 2.65 bits per heavy atom. The third kappa shape index (κ3) is 4.84. The van der Waals surface area contributed by atoms with Gasteiger partial charge in [0.25, 0.3) is 11.6 Å². The number of aromatic nitrogens is 2. The summed E-state index contributed by atoms with van der Waals surface area (Å²) in [7, 11) is 0. The SMILES string of the molecule is O=C(c1ccccc1)N(CCc1nc(-c2cccc([N+](=O)[O-])c2)no1)Cc1ccco1. The molecule has 0 saturated heterocycles. The molecule has 31 heavy (non-hydrogen) atoms. The maximum Gasteiger partial charge on any atom is 0.270 e. The Balaban J connectivity index is 1.49. The van der Waals surface area contributed by atoms with Gasteiger partial charge in [0.15, 0.2) is 0 Å². The lowest BCUT2D eigenvalue weighted by Gasteiger charge is -2.21. The number of carbonyl (C=O) groups excluding carboxylic acids is 1. The molecule has 9 nitrogen and oxygen atoms in total. The monoisotopic (exact) mass is 418 g/mol. The van der Waals surface area contributed by atoms with Gasteiger partial charge in [-0.1, -0.05) is 35.5 Å². The highest BCUT2D eigenvalue weighted by Crippen LogP contribution is 2.21. The first-order valence-corrected chi connectivity index (χ1v) is 9.54. The van der Waals surface area contributed by atoms with Gasteiger partial charge in [-0.05, 0) is 24.3 Å². The molecule has 4 aromatic rings. The molecule has 0 radical (unpaired) electrons. The second-order valence-electron chi connectivity index (χ2n) is 6.74. The molecule has 1 amide bonds. The van der Waals surface area contributed by atoms with Crippen LogP contribution in [0.5, 0.6) is 0 Å². The quantitative estimate of drug-likeness (QED) is 0.312. The lowest BCUT2D eigenvalue weighted by Crippen LogP contribution is -2.32. The maximum atomic E-state index is 13.0. The molecule has 9 heteroatoms. The van der Waals surface area contributed by atoms with Crippen molar-refractivity contribution in [3.63, 3.8) is 0 Å². The zero-order chi connectivity index (χ0) is 21.6. The van der Waals surface area contributed by atoms with Gasteiger partial charge in [-0.3, -0.25) is 14.9 Å². The number of amides is 1. The van der Waals surface area contributed by atoms with E-state index in [2.05, 4.69) is 10.1 Å². The normalized spacial score (nSPS) is 10.7. The van der Waals surface area contributed by atoms with Crippen LogP contribution in [0, 0.1) is 10.1 Å². The van der Waals surface area contributed by atoms with Crippen molar-refractivity contribution in [1.29, 1.82) is 0 Å². The Kier molecular flexibility index (Phi) is 5.84. The van der Waals surface area contributed by atoms with Gasteiger partial charge in [0.1, 0.15) is 5.76 Å². The molecule has 0 atom stereocenters. The molecule has 0 aliphatic heterocycles. The lowest BCUT2D eigenvalue weighted by molar-refractivity contribution is -0.384. The van der Waals surface area contributed by atoms with Crippen LogP contribution in [-0.4, -0.2) is 32.4 Å². The molecule has 0 unspecified atom stereocenters. The van der Waals surface area contributed by atoms with Crippen molar-refractivity contribution >= 4 is 11.6 Å². The lowest BCUT2D eigenvalue weighted by atomic mass is 10.2. The summed E-state index contributed by atoms with van der Waals surface area (Å²) in [5.74, 6) is 1.10. The van der Waals surface area contributed by atoms with Crippen molar-refractivity contribution in [1.82, 2.24) is 15.0 Å². The Bertz CT molecular complexity index is 1170. The van der Waals surface area contributed by atoms with Crippen molar-refractivity contribution in [2.75, 3.05) is 6.54 Å². The number of hydrogen-bond donors (Lipinski definition) is 0. The third-order valence-electron chi connectivity index (χ3n) is 4.61. The van der Waals surface area contributed by atoms with E-state index in [9.17, 15) is 14.9 Å². The van der Waals surface area contributed by atoms with Gasteiger partial charge in [-0.2, -0.15) is 4.98 Å². The summed E-state index contributed by atoms with van der Waals surface area (Å²) in [5.41, 5.74) is 0.996. The molecule has 0 aliphatic rings. The molecule has 0 spiro atoms. The number of hydrogen-bond acceptors (Lipinski definition) is 7. The van der Waals surface area contributed by atoms with Crippen molar-refractivity contribution in [2.45, 2.75) is 13.0 Å². The molecular weight excluding hydrogens is 400 g/mol. The van der Waals surface area contributed by atoms with E-state index in [1.54, 1.807) is 47.6 Å². The molecule has 0 fully saturated rings. The average molecular weight is 418 g/mol. The molecular formula is C22H18N4O5. The summed E-state index contributed by atoms with van der Waals surface area (Å²) < 4.78 is 10.7. The van der Waals surface area contributed by atoms with Gasteiger partial charge >= 0.3 is 0 Å². The van der Waals surface area contributed by atoms with E-state index in [0.29, 0.717) is 42.3 Å². The van der Waals surface area contributed by atoms with Crippen LogP contribution in [-0.2, 0) is 13.0 Å². The first-order chi connectivity index (χ1) is 15.1. The second-order valence-corrected chi connectivity index (χ2v) is 6.74. The highest BCUT2D eigenvalue weighted by atomic mass is 16.6. The number of nitro groups is 1. The number of benzene rings is 2. The number of nitrogens with zero attached hydrogens (tertiary/aromatic N) is 4. The van der Waals surface area contributed by atoms with Gasteiger partial charge in [0.2, 0.25) is 11.7 Å². The molecule has 0 saturated carbocycles. The van der Waals surface area contributed by atoms with E-state index >= 15 is 0 Å². The van der Waals surface area contributed by atoms with Crippen molar-refractivity contribution < 1.29 is 18.7 Å². The van der Waals surface area contributed by atoms with Crippen LogP contribution in [0.25, 0.3) is 11.4 Å². The smallest absolute Gasteiger partial charge is 0.270 e. The Morgan fingerprint density at radius 2 is 1.90 bits per heavy atom. The van der Waals surface area contributed by atoms with E-state index in [4.69, 9.17) is 8.94 Å². The summed E-state index contributed by atoms with van der Waals surface area (Å²) >= 11 is 0. The third-order valence-corrected chi connectivity index (χ3v) is 4.61. The predicted octanol–water partition coefficient (Wildman–Crippen LogP) is 4.12. The fourth-order valence-corrected chi connectivity index (χ4v) is 3.07. The number of rotatable bonds is 8. The maximum absolute atomic E-state index is 13.0. The van der Waals surface area contributed by atoms with Crippen molar-refractivity contribution in [2.24, 2.45) is 0 Å². The number of furan rings is 1. The van der Waals surface area contributed by atoms with Gasteiger partial charge in [0, 0.05) is 36.2 Å². The standard InChI is InChI=1S/C22H18N4O5/c27-22(16-6-2-1-3-7-16)25(15-19-10-5-13-30-19)12-11-20-23-21(24-31-20)17-8-4-9-18(14-17)26(28)29/h1-10,13-14H,11-12,15H2. The number of carbonyl (C=O) groups is 1. The largest absolute Gasteiger partial charge is 0.467 e. The summed E-state index contributed by atoms with van der Waals surface area (Å²) in [6.45, 7) is 0.623. The van der Waals surface area contributed by atoms with E-state index < -0.39 is 4.92 Å². The van der Waals surface area contributed by atoms with Crippen LogP contribution in [0.2, 0.25) is 0 Å². The summed E-state index contributed by atoms with van der Waals surface area (Å²) in [4.78, 5) is 29.4. The fraction of sp³-hybridized carbons (Fsp3) is 0.136. The molecule has 0 aliphatic carbocycles. The predicted molar refractivity (Wildman–Crippen MR) is 110 cm³/mol. The van der Waals surface area contributed by atoms with E-state index in [-0.39, 0.29) is 17.4 Å². The van der Waals surface area contributed by atoms with Gasteiger partial charge < -0.3 is 13.8 Å². The zero-order valence-corrected chi connectivity index (χ0v) is 16.4. The topological polar surface area (TPSA) is 116 Å². The van der Waals surface area contributed by atoms with Gasteiger partial charge in [-0.15, -0.1) is 0 Å². The van der Waals surface area contributed by atoms with Crippen LogP contribution in [0.15, 0.2) is 81.9 Å². The first-order valence-electron chi connectivity index (χ1n) is 9.54. The van der Waals surface area contributed by atoms with Crippen LogP contribution in [0.4, 0.5) is 5.69 Å². The van der Waals surface area contributed by atoms with Crippen molar-refractivity contribution in [3.05, 3.63) is 100 Å². The summed E-state index contributed by atoms with van der Waals surface area (Å²) in [6.07, 6.45) is 1.88. The van der Waals surface area contributed by atoms with Gasteiger partial charge in [-0.25, -0.2) is 0 Å². The summed E-state index contributed by atoms with van der Waals surface area (Å²) in [6, 6.07) is 18.6. The highest BCUT2D eigenvalue weighted by molar-refractivity contribution is 5.94. The number of non-ortho nitro benzene ring substituents is 1. The van der Waals surface area contributed by atoms with E-state index in [1.807, 2.05) is 18.2 Å². The van der Waals surface area contributed by atoms with E-state index in [1.165, 1.54) is 12.1 Å². The van der Waals surface area contributed by atoms with Crippen LogP contribution < -0.4 is 0 Å². The fourth-order valence-electron chi connectivity index (χ4n) is 3.07. The highest BCUT2D eigenvalue weighted by Gasteiger charge is 2.19. The van der Waals surface area contributed by atoms with Crippen LogP contribution in [0.1, 0.15) is 22.0 Å².